The van der Waals surface area contributed by atoms with Crippen molar-refractivity contribution in [1.29, 1.82) is 0 Å². The van der Waals surface area contributed by atoms with Gasteiger partial charge in [0.05, 0.1) is 5.84 Å². The number of hydrogen-bond donors (Lipinski definition) is 2. The fraction of sp³-hybridized carbons (Fsp3) is 0.400. The zero-order chi connectivity index (χ0) is 15.3. The average Bonchev–Trinajstić information content (AvgIpc) is 2.38. The van der Waals surface area contributed by atoms with Crippen LogP contribution >= 0.6 is 0 Å². The number of aryl methyl sites for hydroxylation is 1. The molecule has 1 aromatic carbocycles. The summed E-state index contributed by atoms with van der Waals surface area (Å²) < 4.78 is 0. The molecule has 1 rings (SSSR count). The highest BCUT2D eigenvalue weighted by Crippen LogP contribution is 2.07. The number of rotatable bonds is 3. The molecule has 2 N–H and O–H groups in total. The Morgan fingerprint density at radius 2 is 1.70 bits per heavy atom. The lowest BCUT2D eigenvalue weighted by molar-refractivity contribution is -0.124. The third kappa shape index (κ3) is 4.19. The highest BCUT2D eigenvalue weighted by molar-refractivity contribution is 6.04. The minimum atomic E-state index is -1.02. The number of nitrogens with zero attached hydrogens (tertiary/aromatic N) is 1. The van der Waals surface area contributed by atoms with E-state index in [1.54, 1.807) is 40.0 Å². The van der Waals surface area contributed by atoms with E-state index in [2.05, 4.69) is 15.6 Å². The molecule has 0 bridgehead atoms. The van der Waals surface area contributed by atoms with Crippen LogP contribution in [-0.4, -0.2) is 30.2 Å². The summed E-state index contributed by atoms with van der Waals surface area (Å²) in [6, 6.07) is 7.18. The van der Waals surface area contributed by atoms with E-state index in [0.717, 1.165) is 5.56 Å². The Hall–Kier alpha value is -2.17. The molecule has 0 atom stereocenters. The van der Waals surface area contributed by atoms with Crippen LogP contribution in [0.2, 0.25) is 0 Å². The lowest BCUT2D eigenvalue weighted by atomic mass is 10.0. The van der Waals surface area contributed by atoms with Crippen molar-refractivity contribution in [2.45, 2.75) is 33.2 Å². The van der Waals surface area contributed by atoms with Crippen molar-refractivity contribution < 1.29 is 9.59 Å². The summed E-state index contributed by atoms with van der Waals surface area (Å²) in [6.07, 6.45) is 0. The lowest BCUT2D eigenvalue weighted by Gasteiger charge is -2.25. The van der Waals surface area contributed by atoms with Crippen LogP contribution < -0.4 is 10.6 Å². The van der Waals surface area contributed by atoms with Gasteiger partial charge in [-0.25, -0.2) is 0 Å². The average molecular weight is 275 g/mol. The smallest absolute Gasteiger partial charge is 0.252 e. The quantitative estimate of drug-likeness (QED) is 0.650. The van der Waals surface area contributed by atoms with Crippen molar-refractivity contribution in [3.63, 3.8) is 0 Å². The second-order valence-electron chi connectivity index (χ2n) is 5.21. The first-order valence-electron chi connectivity index (χ1n) is 6.40. The molecule has 0 aliphatic carbocycles. The molecule has 0 saturated heterocycles. The van der Waals surface area contributed by atoms with E-state index in [-0.39, 0.29) is 11.8 Å². The van der Waals surface area contributed by atoms with Gasteiger partial charge in [-0.3, -0.25) is 14.6 Å². The normalized spacial score (nSPS) is 11.9. The van der Waals surface area contributed by atoms with Gasteiger partial charge in [-0.1, -0.05) is 17.7 Å². The molecular weight excluding hydrogens is 254 g/mol. The molecule has 0 aliphatic rings. The number of benzene rings is 1. The Morgan fingerprint density at radius 1 is 1.15 bits per heavy atom. The first-order valence-corrected chi connectivity index (χ1v) is 6.40. The van der Waals surface area contributed by atoms with E-state index < -0.39 is 5.54 Å². The van der Waals surface area contributed by atoms with Crippen molar-refractivity contribution in [2.24, 2.45) is 4.99 Å². The number of amidine groups is 1. The fourth-order valence-corrected chi connectivity index (χ4v) is 1.49. The lowest BCUT2D eigenvalue weighted by Crippen LogP contribution is -2.55. The molecule has 1 aromatic rings. The molecule has 0 heterocycles. The molecule has 0 aromatic heterocycles. The van der Waals surface area contributed by atoms with Crippen molar-refractivity contribution in [3.05, 3.63) is 35.4 Å². The Balaban J connectivity index is 2.77. The minimum Gasteiger partial charge on any atom is -0.338 e. The van der Waals surface area contributed by atoms with Gasteiger partial charge < -0.3 is 10.6 Å². The van der Waals surface area contributed by atoms with Crippen LogP contribution in [0.25, 0.3) is 0 Å². The molecule has 0 unspecified atom stereocenters. The molecular formula is C15H21N3O2. The van der Waals surface area contributed by atoms with Gasteiger partial charge in [0.2, 0.25) is 5.91 Å². The van der Waals surface area contributed by atoms with Crippen LogP contribution in [0.5, 0.6) is 0 Å². The van der Waals surface area contributed by atoms with E-state index in [0.29, 0.717) is 11.4 Å². The summed E-state index contributed by atoms with van der Waals surface area (Å²) in [5.74, 6) is -0.0787. The van der Waals surface area contributed by atoms with Crippen molar-refractivity contribution in [1.82, 2.24) is 10.6 Å². The van der Waals surface area contributed by atoms with Gasteiger partial charge in [0.25, 0.3) is 5.91 Å². The largest absolute Gasteiger partial charge is 0.338 e. The number of nitrogens with one attached hydrogen (secondary N) is 2. The Bertz CT molecular complexity index is 531. The summed E-state index contributed by atoms with van der Waals surface area (Å²) in [6.45, 7) is 6.94. The summed E-state index contributed by atoms with van der Waals surface area (Å²) in [5, 5.41) is 5.35. The number of hydrogen-bond acceptors (Lipinski definition) is 3. The first-order chi connectivity index (χ1) is 9.26. The number of aliphatic imine (C=N–C) groups is 1. The Kier molecular flexibility index (Phi) is 5.02. The highest BCUT2D eigenvalue weighted by atomic mass is 16.2. The standard InChI is InChI=1S/C15H21N3O2/c1-10-6-8-12(9-7-10)13(19)18-15(3,4)14(20)17-11(2)16-5/h6-9H,1-5H3,(H,18,19)(H,16,17,20). The van der Waals surface area contributed by atoms with Gasteiger partial charge in [-0.05, 0) is 39.8 Å². The zero-order valence-corrected chi connectivity index (χ0v) is 12.6. The summed E-state index contributed by atoms with van der Waals surface area (Å²) in [5.41, 5.74) is 0.583. The van der Waals surface area contributed by atoms with Crippen LogP contribution in [-0.2, 0) is 4.79 Å². The number of carbonyl (C=O) groups excluding carboxylic acids is 2. The SMILES string of the molecule is CN=C(C)NC(=O)C(C)(C)NC(=O)c1ccc(C)cc1. The number of carbonyl (C=O) groups is 2. The van der Waals surface area contributed by atoms with Gasteiger partial charge in [-0.15, -0.1) is 0 Å². The molecule has 0 spiro atoms. The summed E-state index contributed by atoms with van der Waals surface area (Å²) in [4.78, 5) is 28.0. The fourth-order valence-electron chi connectivity index (χ4n) is 1.49. The van der Waals surface area contributed by atoms with Crippen LogP contribution in [0.4, 0.5) is 0 Å². The van der Waals surface area contributed by atoms with Gasteiger partial charge >= 0.3 is 0 Å². The van der Waals surface area contributed by atoms with E-state index in [4.69, 9.17) is 0 Å². The third-order valence-corrected chi connectivity index (χ3v) is 2.94. The molecule has 5 nitrogen and oxygen atoms in total. The van der Waals surface area contributed by atoms with Crippen molar-refractivity contribution in [3.8, 4) is 0 Å². The zero-order valence-electron chi connectivity index (χ0n) is 12.6. The third-order valence-electron chi connectivity index (χ3n) is 2.94. The molecule has 108 valence electrons. The highest BCUT2D eigenvalue weighted by Gasteiger charge is 2.30. The van der Waals surface area contributed by atoms with E-state index in [9.17, 15) is 9.59 Å². The van der Waals surface area contributed by atoms with Gasteiger partial charge in [0, 0.05) is 12.6 Å². The van der Waals surface area contributed by atoms with Gasteiger partial charge in [0.15, 0.2) is 0 Å². The molecule has 0 aliphatic heterocycles. The Morgan fingerprint density at radius 3 is 2.20 bits per heavy atom. The first kappa shape index (κ1) is 15.9. The predicted octanol–water partition coefficient (Wildman–Crippen LogP) is 1.67. The topological polar surface area (TPSA) is 70.6 Å². The van der Waals surface area contributed by atoms with Crippen LogP contribution in [0.1, 0.15) is 36.7 Å². The molecule has 0 saturated carbocycles. The van der Waals surface area contributed by atoms with Crippen LogP contribution in [0, 0.1) is 6.92 Å². The van der Waals surface area contributed by atoms with E-state index in [1.807, 2.05) is 19.1 Å². The maximum absolute atomic E-state index is 12.1. The second kappa shape index (κ2) is 6.32. The second-order valence-corrected chi connectivity index (χ2v) is 5.21. The van der Waals surface area contributed by atoms with Crippen molar-refractivity contribution in [2.75, 3.05) is 7.05 Å². The molecule has 2 amide bonds. The molecule has 0 radical (unpaired) electrons. The predicted molar refractivity (Wildman–Crippen MR) is 79.9 cm³/mol. The van der Waals surface area contributed by atoms with Crippen LogP contribution in [0.3, 0.4) is 0 Å². The Labute approximate surface area is 119 Å². The van der Waals surface area contributed by atoms with Gasteiger partial charge in [0.1, 0.15) is 5.54 Å². The molecule has 20 heavy (non-hydrogen) atoms. The number of amides is 2. The minimum absolute atomic E-state index is 0.281. The molecule has 0 fully saturated rings. The van der Waals surface area contributed by atoms with E-state index in [1.165, 1.54) is 0 Å². The molecule has 5 heteroatoms. The summed E-state index contributed by atoms with van der Waals surface area (Å²) >= 11 is 0. The summed E-state index contributed by atoms with van der Waals surface area (Å²) in [7, 11) is 1.59. The maximum Gasteiger partial charge on any atom is 0.252 e. The monoisotopic (exact) mass is 275 g/mol. The van der Waals surface area contributed by atoms with Crippen LogP contribution in [0.15, 0.2) is 29.3 Å². The van der Waals surface area contributed by atoms with Gasteiger partial charge in [-0.2, -0.15) is 0 Å². The maximum atomic E-state index is 12.1. The van der Waals surface area contributed by atoms with E-state index >= 15 is 0 Å². The van der Waals surface area contributed by atoms with Crippen molar-refractivity contribution >= 4 is 17.6 Å².